The Hall–Kier alpha value is -3.95. The highest BCUT2D eigenvalue weighted by molar-refractivity contribution is 5.87. The Balaban J connectivity index is 1.59. The number of para-hydroxylation sites is 1. The third-order valence-corrected chi connectivity index (χ3v) is 4.05. The number of aromatic nitrogens is 2. The van der Waals surface area contributed by atoms with E-state index in [0.29, 0.717) is 29.3 Å². The molecular weight excluding hydrogens is 426 g/mol. The van der Waals surface area contributed by atoms with Gasteiger partial charge in [0.2, 0.25) is 5.82 Å². The van der Waals surface area contributed by atoms with E-state index in [4.69, 9.17) is 18.7 Å². The number of ether oxygens (including phenoxy) is 4. The van der Waals surface area contributed by atoms with E-state index in [1.807, 2.05) is 19.1 Å². The van der Waals surface area contributed by atoms with Crippen LogP contribution in [-0.2, 0) is 16.1 Å². The second kappa shape index (κ2) is 10.9. The van der Waals surface area contributed by atoms with E-state index in [2.05, 4.69) is 14.9 Å². The number of halogens is 2. The molecule has 1 aromatic heterocycles. The van der Waals surface area contributed by atoms with E-state index >= 15 is 0 Å². The molecule has 0 amide bonds. The molecule has 0 aliphatic rings. The molecule has 32 heavy (non-hydrogen) atoms. The van der Waals surface area contributed by atoms with Gasteiger partial charge in [-0.3, -0.25) is 0 Å². The van der Waals surface area contributed by atoms with Crippen LogP contribution in [-0.4, -0.2) is 36.4 Å². The lowest BCUT2D eigenvalue weighted by atomic mass is 10.2. The summed E-state index contributed by atoms with van der Waals surface area (Å²) in [6, 6.07) is 11.5. The van der Waals surface area contributed by atoms with Crippen molar-refractivity contribution in [1.29, 1.82) is 0 Å². The number of hydrogen-bond acceptors (Lipinski definition) is 8. The number of carbonyl (C=O) groups excluding carboxylic acids is 1. The normalized spacial score (nSPS) is 11.0. The number of hydrogen-bond donors (Lipinski definition) is 0. The molecule has 0 radical (unpaired) electrons. The summed E-state index contributed by atoms with van der Waals surface area (Å²) < 4.78 is 49.9. The van der Waals surface area contributed by atoms with Gasteiger partial charge in [-0.2, -0.15) is 13.8 Å². The number of nitrogens with zero attached hydrogens (tertiary/aromatic N) is 2. The molecule has 2 aromatic carbocycles. The predicted molar refractivity (Wildman–Crippen MR) is 109 cm³/mol. The van der Waals surface area contributed by atoms with Gasteiger partial charge in [-0.1, -0.05) is 23.4 Å². The minimum absolute atomic E-state index is 0.103. The molecule has 0 bridgehead atoms. The van der Waals surface area contributed by atoms with Crippen LogP contribution in [0.1, 0.15) is 18.4 Å². The first-order valence-electron chi connectivity index (χ1n) is 9.52. The van der Waals surface area contributed by atoms with Crippen molar-refractivity contribution in [2.24, 2.45) is 0 Å². The molecule has 1 heterocycles. The molecule has 3 aromatic rings. The molecule has 0 saturated carbocycles. The van der Waals surface area contributed by atoms with Gasteiger partial charge in [-0.05, 0) is 42.8 Å². The molecule has 0 fully saturated rings. The molecule has 0 aliphatic heterocycles. The van der Waals surface area contributed by atoms with Crippen LogP contribution >= 0.6 is 0 Å². The van der Waals surface area contributed by atoms with Gasteiger partial charge in [0.1, 0.15) is 5.75 Å². The number of esters is 1. The third-order valence-electron chi connectivity index (χ3n) is 4.05. The Morgan fingerprint density at radius 2 is 1.97 bits per heavy atom. The van der Waals surface area contributed by atoms with Gasteiger partial charge >= 0.3 is 12.6 Å². The Labute approximate surface area is 182 Å². The highest BCUT2D eigenvalue weighted by Crippen LogP contribution is 2.30. The van der Waals surface area contributed by atoms with Crippen molar-refractivity contribution in [3.05, 3.63) is 60.0 Å². The number of carbonyl (C=O) groups is 1. The summed E-state index contributed by atoms with van der Waals surface area (Å²) in [4.78, 5) is 16.2. The maximum atomic E-state index is 12.4. The lowest BCUT2D eigenvalue weighted by Gasteiger charge is -2.10. The first-order chi connectivity index (χ1) is 15.5. The monoisotopic (exact) mass is 446 g/mol. The lowest BCUT2D eigenvalue weighted by Crippen LogP contribution is -2.03. The Bertz CT molecular complexity index is 1080. The highest BCUT2D eigenvalue weighted by Gasteiger charge is 2.14. The number of methoxy groups -OCH3 is 1. The minimum Gasteiger partial charge on any atom is -0.493 e. The van der Waals surface area contributed by atoms with Crippen molar-refractivity contribution in [3.8, 4) is 28.6 Å². The molecular formula is C22H20F2N2O6. The number of rotatable bonds is 10. The van der Waals surface area contributed by atoms with E-state index < -0.39 is 12.6 Å². The summed E-state index contributed by atoms with van der Waals surface area (Å²) in [6.45, 7) is -0.845. The van der Waals surface area contributed by atoms with Crippen LogP contribution in [0.25, 0.3) is 17.5 Å². The second-order valence-corrected chi connectivity index (χ2v) is 6.17. The molecule has 0 aliphatic carbocycles. The van der Waals surface area contributed by atoms with Crippen LogP contribution in [0.4, 0.5) is 8.78 Å². The lowest BCUT2D eigenvalue weighted by molar-refractivity contribution is -0.139. The SMILES string of the molecule is CCOc1ccccc1-c1noc(COC(=O)/C=C/c2ccc(OC(F)F)c(OC)c2)n1. The first-order valence-corrected chi connectivity index (χ1v) is 9.52. The van der Waals surface area contributed by atoms with Gasteiger partial charge in [0.15, 0.2) is 18.1 Å². The van der Waals surface area contributed by atoms with Gasteiger partial charge < -0.3 is 23.5 Å². The Morgan fingerprint density at radius 1 is 1.16 bits per heavy atom. The summed E-state index contributed by atoms with van der Waals surface area (Å²) in [6.07, 6.45) is 2.61. The van der Waals surface area contributed by atoms with Crippen molar-refractivity contribution in [3.63, 3.8) is 0 Å². The van der Waals surface area contributed by atoms with Crippen molar-refractivity contribution in [1.82, 2.24) is 10.1 Å². The van der Waals surface area contributed by atoms with Crippen LogP contribution < -0.4 is 14.2 Å². The highest BCUT2D eigenvalue weighted by atomic mass is 19.3. The predicted octanol–water partition coefficient (Wildman–Crippen LogP) is 4.50. The molecule has 0 spiro atoms. The summed E-state index contributed by atoms with van der Waals surface area (Å²) in [5.74, 6) is 0.373. The third kappa shape index (κ3) is 6.03. The van der Waals surface area contributed by atoms with Crippen LogP contribution in [0.3, 0.4) is 0 Å². The Kier molecular flexibility index (Phi) is 7.74. The smallest absolute Gasteiger partial charge is 0.387 e. The fraction of sp³-hybridized carbons (Fsp3) is 0.227. The molecule has 8 nitrogen and oxygen atoms in total. The zero-order valence-electron chi connectivity index (χ0n) is 17.3. The van der Waals surface area contributed by atoms with Crippen molar-refractivity contribution in [2.45, 2.75) is 20.1 Å². The molecule has 0 unspecified atom stereocenters. The minimum atomic E-state index is -2.97. The molecule has 0 N–H and O–H groups in total. The standard InChI is InChI=1S/C22H20F2N2O6/c1-3-29-16-7-5-4-6-15(16)21-25-19(32-26-21)13-30-20(27)11-9-14-8-10-17(31-22(23)24)18(12-14)28-2/h4-12,22H,3,13H2,1-2H3/b11-9+. The maximum absolute atomic E-state index is 12.4. The zero-order chi connectivity index (χ0) is 22.9. The Morgan fingerprint density at radius 3 is 2.72 bits per heavy atom. The molecule has 0 atom stereocenters. The molecule has 10 heteroatoms. The largest absolute Gasteiger partial charge is 0.493 e. The summed E-state index contributed by atoms with van der Waals surface area (Å²) in [7, 11) is 1.32. The van der Waals surface area contributed by atoms with Crippen molar-refractivity contribution in [2.75, 3.05) is 13.7 Å². The fourth-order valence-electron chi connectivity index (χ4n) is 2.68. The molecule has 3 rings (SSSR count). The number of benzene rings is 2. The van der Waals surface area contributed by atoms with E-state index in [1.54, 1.807) is 12.1 Å². The molecule has 0 saturated heterocycles. The summed E-state index contributed by atoms with van der Waals surface area (Å²) in [5, 5.41) is 3.89. The van der Waals surface area contributed by atoms with E-state index in [1.165, 1.54) is 37.5 Å². The first kappa shape index (κ1) is 22.7. The van der Waals surface area contributed by atoms with Crippen LogP contribution in [0.2, 0.25) is 0 Å². The quantitative estimate of drug-likeness (QED) is 0.332. The maximum Gasteiger partial charge on any atom is 0.387 e. The number of alkyl halides is 2. The topological polar surface area (TPSA) is 92.9 Å². The van der Waals surface area contributed by atoms with E-state index in [0.717, 1.165) is 0 Å². The second-order valence-electron chi connectivity index (χ2n) is 6.17. The van der Waals surface area contributed by atoms with Gasteiger partial charge in [-0.15, -0.1) is 0 Å². The van der Waals surface area contributed by atoms with E-state index in [-0.39, 0.29) is 24.0 Å². The van der Waals surface area contributed by atoms with Gasteiger partial charge in [0.25, 0.3) is 5.89 Å². The zero-order valence-corrected chi connectivity index (χ0v) is 17.3. The van der Waals surface area contributed by atoms with Crippen molar-refractivity contribution < 1.29 is 37.0 Å². The van der Waals surface area contributed by atoms with Gasteiger partial charge in [0.05, 0.1) is 19.3 Å². The average molecular weight is 446 g/mol. The van der Waals surface area contributed by atoms with Crippen LogP contribution in [0.5, 0.6) is 17.2 Å². The van der Waals surface area contributed by atoms with Crippen molar-refractivity contribution >= 4 is 12.0 Å². The van der Waals surface area contributed by atoms with E-state index in [9.17, 15) is 13.6 Å². The van der Waals surface area contributed by atoms with Gasteiger partial charge in [-0.25, -0.2) is 4.79 Å². The summed E-state index contributed by atoms with van der Waals surface area (Å²) in [5.41, 5.74) is 1.18. The van der Waals surface area contributed by atoms with Gasteiger partial charge in [0, 0.05) is 6.08 Å². The average Bonchev–Trinajstić information content (AvgIpc) is 3.26. The van der Waals surface area contributed by atoms with Crippen LogP contribution in [0.15, 0.2) is 53.1 Å². The molecule has 168 valence electrons. The fourth-order valence-corrected chi connectivity index (χ4v) is 2.68. The van der Waals surface area contributed by atoms with Crippen LogP contribution in [0, 0.1) is 0 Å². The summed E-state index contributed by atoms with van der Waals surface area (Å²) >= 11 is 0.